The fourth-order valence-corrected chi connectivity index (χ4v) is 2.70. The SMILES string of the molecule is CC(=O)OC(C(=O)NC(C)(C)COC(=O)OC1CCCCC1)C(C)C. The Morgan fingerprint density at radius 3 is 2.24 bits per heavy atom. The maximum atomic E-state index is 12.3. The van der Waals surface area contributed by atoms with Crippen molar-refractivity contribution < 1.29 is 28.6 Å². The van der Waals surface area contributed by atoms with Gasteiger partial charge in [0.1, 0.15) is 12.7 Å². The standard InChI is InChI=1S/C18H31NO6/c1-12(2)15(24-13(3)20)16(21)19-18(4,5)11-23-17(22)25-14-9-7-6-8-10-14/h12,14-15H,6-11H2,1-5H3,(H,19,21). The van der Waals surface area contributed by atoms with Gasteiger partial charge >= 0.3 is 12.1 Å². The van der Waals surface area contributed by atoms with Crippen LogP contribution in [-0.4, -0.2) is 42.4 Å². The van der Waals surface area contributed by atoms with Gasteiger partial charge in [0.05, 0.1) is 5.54 Å². The molecule has 0 aliphatic heterocycles. The van der Waals surface area contributed by atoms with Crippen LogP contribution in [0.5, 0.6) is 0 Å². The number of carbonyl (C=O) groups excluding carboxylic acids is 3. The molecule has 0 spiro atoms. The van der Waals surface area contributed by atoms with Crippen molar-refractivity contribution in [2.75, 3.05) is 6.61 Å². The maximum absolute atomic E-state index is 12.3. The Morgan fingerprint density at radius 2 is 1.72 bits per heavy atom. The van der Waals surface area contributed by atoms with Gasteiger partial charge in [-0.2, -0.15) is 0 Å². The van der Waals surface area contributed by atoms with Crippen LogP contribution in [0.2, 0.25) is 0 Å². The molecule has 0 bridgehead atoms. The van der Waals surface area contributed by atoms with E-state index in [4.69, 9.17) is 14.2 Å². The van der Waals surface area contributed by atoms with E-state index < -0.39 is 29.7 Å². The Kier molecular flexibility index (Phi) is 8.19. The summed E-state index contributed by atoms with van der Waals surface area (Å²) in [6.07, 6.45) is 3.36. The fourth-order valence-electron chi connectivity index (χ4n) is 2.70. The minimum atomic E-state index is -0.883. The summed E-state index contributed by atoms with van der Waals surface area (Å²) < 4.78 is 15.5. The predicted octanol–water partition coefficient (Wildman–Crippen LogP) is 2.95. The number of amides is 1. The number of rotatable bonds is 7. The summed E-state index contributed by atoms with van der Waals surface area (Å²) in [6.45, 7) is 8.26. The molecule has 0 aromatic carbocycles. The molecule has 1 amide bonds. The Morgan fingerprint density at radius 1 is 1.12 bits per heavy atom. The van der Waals surface area contributed by atoms with E-state index in [2.05, 4.69) is 5.32 Å². The fraction of sp³-hybridized carbons (Fsp3) is 0.833. The molecule has 1 unspecified atom stereocenters. The number of hydrogen-bond acceptors (Lipinski definition) is 6. The normalized spacial score (nSPS) is 16.9. The number of nitrogens with one attached hydrogen (secondary N) is 1. The molecule has 0 saturated heterocycles. The van der Waals surface area contributed by atoms with E-state index in [1.54, 1.807) is 27.7 Å². The van der Waals surface area contributed by atoms with Gasteiger partial charge in [0, 0.05) is 6.92 Å². The maximum Gasteiger partial charge on any atom is 0.508 e. The molecular weight excluding hydrogens is 326 g/mol. The summed E-state index contributed by atoms with van der Waals surface area (Å²) in [4.78, 5) is 35.3. The first-order valence-electron chi connectivity index (χ1n) is 8.93. The molecule has 0 radical (unpaired) electrons. The van der Waals surface area contributed by atoms with Gasteiger partial charge in [-0.15, -0.1) is 0 Å². The first kappa shape index (κ1) is 21.3. The van der Waals surface area contributed by atoms with Crippen LogP contribution in [-0.2, 0) is 23.8 Å². The molecule has 0 heterocycles. The zero-order chi connectivity index (χ0) is 19.0. The van der Waals surface area contributed by atoms with Crippen molar-refractivity contribution >= 4 is 18.0 Å². The highest BCUT2D eigenvalue weighted by molar-refractivity contribution is 5.84. The van der Waals surface area contributed by atoms with E-state index in [1.807, 2.05) is 0 Å². The molecule has 1 rings (SSSR count). The largest absolute Gasteiger partial charge is 0.508 e. The molecular formula is C18H31NO6. The smallest absolute Gasteiger partial charge is 0.452 e. The lowest BCUT2D eigenvalue weighted by atomic mass is 9.98. The van der Waals surface area contributed by atoms with Gasteiger partial charge in [0.2, 0.25) is 0 Å². The summed E-state index contributed by atoms with van der Waals surface area (Å²) in [7, 11) is 0. The zero-order valence-corrected chi connectivity index (χ0v) is 15.9. The predicted molar refractivity (Wildman–Crippen MR) is 91.9 cm³/mol. The van der Waals surface area contributed by atoms with Gasteiger partial charge in [0.15, 0.2) is 6.10 Å². The van der Waals surface area contributed by atoms with E-state index >= 15 is 0 Å². The minimum absolute atomic E-state index is 0.0326. The number of hydrogen-bond donors (Lipinski definition) is 1. The lowest BCUT2D eigenvalue weighted by Gasteiger charge is -2.29. The Bertz CT molecular complexity index is 468. The van der Waals surface area contributed by atoms with Crippen LogP contribution in [0.4, 0.5) is 4.79 Å². The lowest BCUT2D eigenvalue weighted by Crippen LogP contribution is -2.52. The van der Waals surface area contributed by atoms with Gasteiger partial charge in [-0.25, -0.2) is 4.79 Å². The van der Waals surface area contributed by atoms with E-state index in [1.165, 1.54) is 13.3 Å². The molecule has 1 N–H and O–H groups in total. The molecule has 25 heavy (non-hydrogen) atoms. The van der Waals surface area contributed by atoms with Gasteiger partial charge < -0.3 is 19.5 Å². The Balaban J connectivity index is 2.46. The highest BCUT2D eigenvalue weighted by Crippen LogP contribution is 2.21. The summed E-state index contributed by atoms with van der Waals surface area (Å²) >= 11 is 0. The van der Waals surface area contributed by atoms with Crippen LogP contribution in [0.25, 0.3) is 0 Å². The minimum Gasteiger partial charge on any atom is -0.452 e. The van der Waals surface area contributed by atoms with Crippen molar-refractivity contribution in [3.63, 3.8) is 0 Å². The highest BCUT2D eigenvalue weighted by Gasteiger charge is 2.31. The van der Waals surface area contributed by atoms with Crippen LogP contribution in [0.3, 0.4) is 0 Å². The molecule has 7 nitrogen and oxygen atoms in total. The number of esters is 1. The summed E-state index contributed by atoms with van der Waals surface area (Å²) in [5, 5.41) is 2.75. The van der Waals surface area contributed by atoms with Crippen LogP contribution in [0, 0.1) is 5.92 Å². The van der Waals surface area contributed by atoms with Crippen molar-refractivity contribution in [2.24, 2.45) is 5.92 Å². The highest BCUT2D eigenvalue weighted by atomic mass is 16.7. The molecule has 0 aromatic rings. The molecule has 7 heteroatoms. The second kappa shape index (κ2) is 9.63. The second-order valence-corrected chi connectivity index (χ2v) is 7.56. The third-order valence-corrected chi connectivity index (χ3v) is 3.98. The number of carbonyl (C=O) groups is 3. The number of ether oxygens (including phenoxy) is 3. The van der Waals surface area contributed by atoms with Crippen LogP contribution in [0.1, 0.15) is 66.7 Å². The molecule has 1 saturated carbocycles. The van der Waals surface area contributed by atoms with E-state index in [0.717, 1.165) is 25.7 Å². The summed E-state index contributed by atoms with van der Waals surface area (Å²) in [5.74, 6) is -1.10. The molecule has 144 valence electrons. The van der Waals surface area contributed by atoms with E-state index in [0.29, 0.717) is 0 Å². The van der Waals surface area contributed by atoms with Crippen molar-refractivity contribution in [1.82, 2.24) is 5.32 Å². The van der Waals surface area contributed by atoms with E-state index in [9.17, 15) is 14.4 Å². The van der Waals surface area contributed by atoms with Crippen LogP contribution in [0.15, 0.2) is 0 Å². The molecule has 1 atom stereocenters. The van der Waals surface area contributed by atoms with Gasteiger partial charge in [-0.1, -0.05) is 20.3 Å². The second-order valence-electron chi connectivity index (χ2n) is 7.56. The van der Waals surface area contributed by atoms with Gasteiger partial charge in [-0.3, -0.25) is 9.59 Å². The van der Waals surface area contributed by atoms with Crippen molar-refractivity contribution in [2.45, 2.75) is 84.5 Å². The Labute approximate surface area is 149 Å². The van der Waals surface area contributed by atoms with E-state index in [-0.39, 0.29) is 18.6 Å². The average molecular weight is 357 g/mol. The average Bonchev–Trinajstić information content (AvgIpc) is 2.51. The van der Waals surface area contributed by atoms with Gasteiger partial charge in [0.25, 0.3) is 5.91 Å². The monoisotopic (exact) mass is 357 g/mol. The lowest BCUT2D eigenvalue weighted by molar-refractivity contribution is -0.157. The summed E-state index contributed by atoms with van der Waals surface area (Å²) in [5.41, 5.74) is -0.810. The topological polar surface area (TPSA) is 90.9 Å². The molecule has 1 aliphatic carbocycles. The third kappa shape index (κ3) is 8.23. The van der Waals surface area contributed by atoms with Crippen molar-refractivity contribution in [1.29, 1.82) is 0 Å². The first-order valence-corrected chi connectivity index (χ1v) is 8.93. The summed E-state index contributed by atoms with van der Waals surface area (Å²) in [6, 6.07) is 0. The molecule has 1 fully saturated rings. The molecule has 1 aliphatic rings. The Hall–Kier alpha value is -1.79. The van der Waals surface area contributed by atoms with Gasteiger partial charge in [-0.05, 0) is 45.4 Å². The van der Waals surface area contributed by atoms with Crippen LogP contribution < -0.4 is 5.32 Å². The molecule has 0 aromatic heterocycles. The van der Waals surface area contributed by atoms with Crippen LogP contribution >= 0.6 is 0 Å². The van der Waals surface area contributed by atoms with Crippen molar-refractivity contribution in [3.05, 3.63) is 0 Å². The quantitative estimate of drug-likeness (QED) is 0.705. The third-order valence-electron chi connectivity index (χ3n) is 3.98. The first-order chi connectivity index (χ1) is 11.6. The van der Waals surface area contributed by atoms with Crippen molar-refractivity contribution in [3.8, 4) is 0 Å². The zero-order valence-electron chi connectivity index (χ0n) is 15.9.